The Morgan fingerprint density at radius 3 is 2.38 bits per heavy atom. The van der Waals surface area contributed by atoms with Crippen LogP contribution in [0.3, 0.4) is 0 Å². The lowest BCUT2D eigenvalue weighted by Crippen LogP contribution is -2.28. The lowest BCUT2D eigenvalue weighted by molar-refractivity contribution is -0.116. The van der Waals surface area contributed by atoms with E-state index in [-0.39, 0.29) is 18.1 Å². The van der Waals surface area contributed by atoms with Crippen LogP contribution >= 0.6 is 0 Å². The molecular formula is C24H25N3O2. The van der Waals surface area contributed by atoms with Gasteiger partial charge < -0.3 is 5.32 Å². The van der Waals surface area contributed by atoms with Crippen LogP contribution in [0.5, 0.6) is 0 Å². The number of Topliss-reactive ketones (excluding diaryl/α,β-unsaturated/α-hetero) is 1. The monoisotopic (exact) mass is 387 g/mol. The Kier molecular flexibility index (Phi) is 4.82. The van der Waals surface area contributed by atoms with Crippen LogP contribution in [0.2, 0.25) is 0 Å². The number of amides is 1. The van der Waals surface area contributed by atoms with Crippen LogP contribution in [0.4, 0.5) is 5.82 Å². The summed E-state index contributed by atoms with van der Waals surface area (Å²) in [5.74, 6) is -0.114. The molecule has 1 N–H and O–H groups in total. The third kappa shape index (κ3) is 3.48. The van der Waals surface area contributed by atoms with Gasteiger partial charge in [0, 0.05) is 17.5 Å². The second-order valence-electron chi connectivity index (χ2n) is 7.83. The van der Waals surface area contributed by atoms with Gasteiger partial charge >= 0.3 is 0 Å². The maximum Gasteiger partial charge on any atom is 0.226 e. The van der Waals surface area contributed by atoms with Crippen LogP contribution < -0.4 is 5.32 Å². The average Bonchev–Trinajstić information content (AvgIpc) is 3.02. The minimum atomic E-state index is -0.522. The number of benzene rings is 2. The number of nitrogens with zero attached hydrogens (tertiary/aromatic N) is 2. The molecule has 1 aliphatic rings. The Morgan fingerprint density at radius 2 is 1.76 bits per heavy atom. The van der Waals surface area contributed by atoms with E-state index in [0.29, 0.717) is 11.4 Å². The van der Waals surface area contributed by atoms with Crippen molar-refractivity contribution >= 4 is 17.5 Å². The van der Waals surface area contributed by atoms with Crippen LogP contribution in [0.25, 0.3) is 5.69 Å². The molecule has 0 bridgehead atoms. The molecule has 0 fully saturated rings. The third-order valence-corrected chi connectivity index (χ3v) is 5.52. The van der Waals surface area contributed by atoms with Crippen molar-refractivity contribution in [1.82, 2.24) is 9.78 Å². The van der Waals surface area contributed by atoms with Gasteiger partial charge in [-0.1, -0.05) is 37.3 Å². The van der Waals surface area contributed by atoms with E-state index >= 15 is 0 Å². The standard InChI is InChI=1S/C24H25N3O2/c1-5-17-6-8-18(9-7-17)23(29)20-13-21(28)25-24-22(20)16(4)26-27(24)19-11-14(2)10-15(3)12-19/h6-12,20H,5,13H2,1-4H3,(H,25,28)/t20-/m0/s1. The van der Waals surface area contributed by atoms with Gasteiger partial charge in [-0.25, -0.2) is 4.68 Å². The minimum absolute atomic E-state index is 0.0353. The highest BCUT2D eigenvalue weighted by Gasteiger charge is 2.36. The number of rotatable bonds is 4. The third-order valence-electron chi connectivity index (χ3n) is 5.52. The molecule has 0 unspecified atom stereocenters. The molecule has 3 aromatic rings. The zero-order chi connectivity index (χ0) is 20.7. The van der Waals surface area contributed by atoms with E-state index in [1.54, 1.807) is 4.68 Å². The summed E-state index contributed by atoms with van der Waals surface area (Å²) in [6, 6.07) is 13.8. The summed E-state index contributed by atoms with van der Waals surface area (Å²) < 4.78 is 1.75. The molecule has 1 aliphatic heterocycles. The van der Waals surface area contributed by atoms with Crippen molar-refractivity contribution in [2.45, 2.75) is 46.5 Å². The highest BCUT2D eigenvalue weighted by atomic mass is 16.2. The molecule has 0 radical (unpaired) electrons. The molecule has 0 spiro atoms. The number of anilines is 1. The Bertz CT molecular complexity index is 1090. The second kappa shape index (κ2) is 7.32. The van der Waals surface area contributed by atoms with E-state index in [0.717, 1.165) is 34.5 Å². The smallest absolute Gasteiger partial charge is 0.226 e. The lowest BCUT2D eigenvalue weighted by Gasteiger charge is -2.23. The fourth-order valence-corrected chi connectivity index (χ4v) is 4.14. The SMILES string of the molecule is CCc1ccc(C(=O)[C@H]2CC(=O)Nc3c2c(C)nn3-c2cc(C)cc(C)c2)cc1. The van der Waals surface area contributed by atoms with Gasteiger partial charge in [0.05, 0.1) is 17.3 Å². The van der Waals surface area contributed by atoms with E-state index in [2.05, 4.69) is 23.4 Å². The summed E-state index contributed by atoms with van der Waals surface area (Å²) in [5.41, 5.74) is 6.51. The van der Waals surface area contributed by atoms with E-state index in [1.165, 1.54) is 5.56 Å². The van der Waals surface area contributed by atoms with Crippen LogP contribution in [-0.2, 0) is 11.2 Å². The molecule has 0 saturated carbocycles. The average molecular weight is 387 g/mol. The van der Waals surface area contributed by atoms with Crippen LogP contribution in [-0.4, -0.2) is 21.5 Å². The lowest BCUT2D eigenvalue weighted by atomic mass is 9.85. The number of aryl methyl sites for hydroxylation is 4. The summed E-state index contributed by atoms with van der Waals surface area (Å²) in [6.45, 7) is 8.05. The summed E-state index contributed by atoms with van der Waals surface area (Å²) in [6.07, 6.45) is 1.06. The van der Waals surface area contributed by atoms with Gasteiger partial charge in [-0.05, 0) is 56.0 Å². The van der Waals surface area contributed by atoms with Gasteiger partial charge in [-0.2, -0.15) is 5.10 Å². The highest BCUT2D eigenvalue weighted by molar-refractivity contribution is 6.08. The number of hydrogen-bond donors (Lipinski definition) is 1. The van der Waals surface area contributed by atoms with Crippen LogP contribution in [0.1, 0.15) is 57.6 Å². The zero-order valence-electron chi connectivity index (χ0n) is 17.2. The number of ketones is 1. The topological polar surface area (TPSA) is 64.0 Å². The largest absolute Gasteiger partial charge is 0.310 e. The molecule has 2 aromatic carbocycles. The molecule has 5 heteroatoms. The molecule has 0 saturated heterocycles. The summed E-state index contributed by atoms with van der Waals surface area (Å²) >= 11 is 0. The van der Waals surface area contributed by atoms with Crippen molar-refractivity contribution in [3.8, 4) is 5.69 Å². The predicted molar refractivity (Wildman–Crippen MR) is 114 cm³/mol. The number of aromatic nitrogens is 2. The van der Waals surface area contributed by atoms with Gasteiger partial charge in [0.1, 0.15) is 5.82 Å². The summed E-state index contributed by atoms with van der Waals surface area (Å²) in [4.78, 5) is 25.8. The summed E-state index contributed by atoms with van der Waals surface area (Å²) in [5, 5.41) is 7.63. The number of carbonyl (C=O) groups excluding carboxylic acids is 2. The van der Waals surface area contributed by atoms with Gasteiger partial charge in [-0.15, -0.1) is 0 Å². The van der Waals surface area contributed by atoms with Crippen molar-refractivity contribution in [3.63, 3.8) is 0 Å². The first-order valence-electron chi connectivity index (χ1n) is 9.98. The first-order chi connectivity index (χ1) is 13.9. The maximum absolute atomic E-state index is 13.3. The summed E-state index contributed by atoms with van der Waals surface area (Å²) in [7, 11) is 0. The van der Waals surface area contributed by atoms with Gasteiger partial charge in [-0.3, -0.25) is 9.59 Å². The minimum Gasteiger partial charge on any atom is -0.310 e. The predicted octanol–water partition coefficient (Wildman–Crippen LogP) is 4.67. The van der Waals surface area contributed by atoms with Crippen molar-refractivity contribution in [2.24, 2.45) is 0 Å². The normalized spacial score (nSPS) is 15.7. The Balaban J connectivity index is 1.80. The van der Waals surface area contributed by atoms with Crippen LogP contribution in [0, 0.1) is 20.8 Å². The fraction of sp³-hybridized carbons (Fsp3) is 0.292. The molecule has 1 aromatic heterocycles. The Morgan fingerprint density at radius 1 is 1.10 bits per heavy atom. The fourth-order valence-electron chi connectivity index (χ4n) is 4.14. The molecule has 4 rings (SSSR count). The van der Waals surface area contributed by atoms with Gasteiger partial charge in [0.25, 0.3) is 0 Å². The molecule has 148 valence electrons. The molecule has 1 amide bonds. The van der Waals surface area contributed by atoms with Crippen molar-refractivity contribution in [1.29, 1.82) is 0 Å². The number of fused-ring (bicyclic) bond motifs is 1. The van der Waals surface area contributed by atoms with Crippen molar-refractivity contribution in [2.75, 3.05) is 5.32 Å². The van der Waals surface area contributed by atoms with Gasteiger partial charge in [0.2, 0.25) is 5.91 Å². The first-order valence-corrected chi connectivity index (χ1v) is 9.98. The quantitative estimate of drug-likeness (QED) is 0.662. The number of hydrogen-bond acceptors (Lipinski definition) is 3. The second-order valence-corrected chi connectivity index (χ2v) is 7.83. The zero-order valence-corrected chi connectivity index (χ0v) is 17.2. The maximum atomic E-state index is 13.3. The molecule has 5 nitrogen and oxygen atoms in total. The molecule has 2 heterocycles. The highest BCUT2D eigenvalue weighted by Crippen LogP contribution is 2.38. The van der Waals surface area contributed by atoms with Crippen molar-refractivity contribution < 1.29 is 9.59 Å². The molecule has 29 heavy (non-hydrogen) atoms. The molecule has 0 aliphatic carbocycles. The van der Waals surface area contributed by atoms with E-state index in [9.17, 15) is 9.59 Å². The number of carbonyl (C=O) groups is 2. The van der Waals surface area contributed by atoms with E-state index < -0.39 is 5.92 Å². The van der Waals surface area contributed by atoms with Gasteiger partial charge in [0.15, 0.2) is 5.78 Å². The molecule has 1 atom stereocenters. The van der Waals surface area contributed by atoms with Crippen molar-refractivity contribution in [3.05, 3.63) is 76.0 Å². The van der Waals surface area contributed by atoms with Crippen LogP contribution in [0.15, 0.2) is 42.5 Å². The Hall–Kier alpha value is -3.21. The first kappa shape index (κ1) is 19.1. The van der Waals surface area contributed by atoms with E-state index in [4.69, 9.17) is 0 Å². The number of nitrogens with one attached hydrogen (secondary N) is 1. The van der Waals surface area contributed by atoms with E-state index in [1.807, 2.05) is 57.2 Å². The molecular weight excluding hydrogens is 362 g/mol. The Labute approximate surface area is 170 Å².